The molecule has 0 atom stereocenters. The fourth-order valence-electron chi connectivity index (χ4n) is 1.41. The number of nitrogens with zero attached hydrogens (tertiary/aromatic N) is 1. The molecule has 0 aliphatic carbocycles. The third-order valence-corrected chi connectivity index (χ3v) is 2.24. The van der Waals surface area contributed by atoms with Crippen molar-refractivity contribution >= 4 is 23.8 Å². The number of carbonyl (C=O) groups excluding carboxylic acids is 2. The lowest BCUT2D eigenvalue weighted by atomic mass is 10.2. The van der Waals surface area contributed by atoms with Gasteiger partial charge in [0.05, 0.1) is 0 Å². The maximum atomic E-state index is 11.7. The summed E-state index contributed by atoms with van der Waals surface area (Å²) in [6, 6.07) is 6.91. The third-order valence-electron chi connectivity index (χ3n) is 2.24. The second-order valence-corrected chi connectivity index (χ2v) is 3.58. The summed E-state index contributed by atoms with van der Waals surface area (Å²) in [6.07, 6.45) is 0.521. The predicted molar refractivity (Wildman–Crippen MR) is 74.9 cm³/mol. The zero-order valence-corrected chi connectivity index (χ0v) is 10.9. The molecule has 1 radical (unpaired) electrons. The normalized spacial score (nSPS) is 10.7. The van der Waals surface area contributed by atoms with Crippen LogP contribution in [0.3, 0.4) is 0 Å². The molecular weight excluding hydrogens is 244 g/mol. The van der Waals surface area contributed by atoms with Gasteiger partial charge in [-0.2, -0.15) is 0 Å². The van der Waals surface area contributed by atoms with E-state index in [1.165, 1.54) is 0 Å². The van der Waals surface area contributed by atoms with Gasteiger partial charge in [0.1, 0.15) is 12.8 Å². The molecule has 0 fully saturated rings. The van der Waals surface area contributed by atoms with Gasteiger partial charge in [-0.15, -0.1) is 0 Å². The molecule has 0 spiro atoms. The molecule has 0 saturated heterocycles. The Balaban J connectivity index is 2.76. The minimum atomic E-state index is -0.339. The van der Waals surface area contributed by atoms with Crippen LogP contribution in [-0.4, -0.2) is 31.7 Å². The predicted octanol–water partition coefficient (Wildman–Crippen LogP) is 0.784. The average Bonchev–Trinajstić information content (AvgIpc) is 2.44. The SMILES string of the molecule is CCNC(=NC)Nc1cccc(C(=O)N[CH]C=O)c1. The van der Waals surface area contributed by atoms with E-state index in [9.17, 15) is 9.59 Å². The molecule has 1 amide bonds. The average molecular weight is 261 g/mol. The number of benzene rings is 1. The Morgan fingerprint density at radius 2 is 2.21 bits per heavy atom. The number of nitrogens with one attached hydrogen (secondary N) is 3. The fourth-order valence-corrected chi connectivity index (χ4v) is 1.41. The van der Waals surface area contributed by atoms with Crippen molar-refractivity contribution in [2.45, 2.75) is 6.92 Å². The van der Waals surface area contributed by atoms with Crippen molar-refractivity contribution in [3.05, 3.63) is 36.4 Å². The molecule has 1 aromatic rings. The highest BCUT2D eigenvalue weighted by molar-refractivity contribution is 5.99. The van der Waals surface area contributed by atoms with E-state index < -0.39 is 0 Å². The van der Waals surface area contributed by atoms with Crippen LogP contribution in [0.2, 0.25) is 0 Å². The monoisotopic (exact) mass is 261 g/mol. The minimum absolute atomic E-state index is 0.339. The number of anilines is 1. The molecule has 1 rings (SSSR count). The van der Waals surface area contributed by atoms with Crippen LogP contribution in [0.1, 0.15) is 17.3 Å². The molecule has 6 heteroatoms. The maximum absolute atomic E-state index is 11.7. The van der Waals surface area contributed by atoms with Crippen LogP contribution in [0, 0.1) is 6.54 Å². The minimum Gasteiger partial charge on any atom is -0.356 e. The Hall–Kier alpha value is -2.37. The van der Waals surface area contributed by atoms with Crippen molar-refractivity contribution in [2.75, 3.05) is 18.9 Å². The number of aldehydes is 1. The molecule has 1 aromatic carbocycles. The summed E-state index contributed by atoms with van der Waals surface area (Å²) in [4.78, 5) is 25.9. The molecule has 0 aromatic heterocycles. The van der Waals surface area contributed by atoms with Crippen molar-refractivity contribution in [1.29, 1.82) is 0 Å². The fraction of sp³-hybridized carbons (Fsp3) is 0.231. The first-order valence-electron chi connectivity index (χ1n) is 5.86. The first-order valence-corrected chi connectivity index (χ1v) is 5.86. The summed E-state index contributed by atoms with van der Waals surface area (Å²) in [5.41, 5.74) is 1.19. The quantitative estimate of drug-likeness (QED) is 0.415. The van der Waals surface area contributed by atoms with E-state index in [1.54, 1.807) is 25.2 Å². The Morgan fingerprint density at radius 1 is 1.42 bits per heavy atom. The highest BCUT2D eigenvalue weighted by atomic mass is 16.2. The van der Waals surface area contributed by atoms with E-state index in [4.69, 9.17) is 0 Å². The van der Waals surface area contributed by atoms with Gasteiger partial charge in [0.2, 0.25) is 0 Å². The number of hydrogen-bond acceptors (Lipinski definition) is 3. The van der Waals surface area contributed by atoms with E-state index in [2.05, 4.69) is 20.9 Å². The number of rotatable bonds is 5. The van der Waals surface area contributed by atoms with Crippen LogP contribution >= 0.6 is 0 Å². The van der Waals surface area contributed by atoms with E-state index >= 15 is 0 Å². The smallest absolute Gasteiger partial charge is 0.252 e. The second kappa shape index (κ2) is 7.86. The van der Waals surface area contributed by atoms with Gasteiger partial charge in [-0.05, 0) is 25.1 Å². The summed E-state index contributed by atoms with van der Waals surface area (Å²) in [5, 5.41) is 8.47. The molecule has 0 bridgehead atoms. The van der Waals surface area contributed by atoms with Crippen molar-refractivity contribution < 1.29 is 9.59 Å². The number of amides is 1. The van der Waals surface area contributed by atoms with Crippen LogP contribution in [0.25, 0.3) is 0 Å². The Morgan fingerprint density at radius 3 is 2.84 bits per heavy atom. The first kappa shape index (κ1) is 14.7. The Labute approximate surface area is 112 Å². The number of aliphatic imine (C=N–C) groups is 1. The molecule has 0 aliphatic rings. The molecule has 0 unspecified atom stereocenters. The van der Waals surface area contributed by atoms with Gasteiger partial charge < -0.3 is 20.7 Å². The lowest BCUT2D eigenvalue weighted by Crippen LogP contribution is -2.30. The summed E-state index contributed by atoms with van der Waals surface area (Å²) in [5.74, 6) is 0.286. The lowest BCUT2D eigenvalue weighted by molar-refractivity contribution is -0.105. The zero-order chi connectivity index (χ0) is 14.1. The zero-order valence-electron chi connectivity index (χ0n) is 10.9. The van der Waals surface area contributed by atoms with E-state index in [-0.39, 0.29) is 5.91 Å². The summed E-state index contributed by atoms with van der Waals surface area (Å²) in [7, 11) is 1.67. The first-order chi connectivity index (χ1) is 9.21. The summed E-state index contributed by atoms with van der Waals surface area (Å²) >= 11 is 0. The number of guanidine groups is 1. The van der Waals surface area contributed by atoms with Crippen molar-refractivity contribution in [3.8, 4) is 0 Å². The van der Waals surface area contributed by atoms with Crippen molar-refractivity contribution in [1.82, 2.24) is 10.6 Å². The van der Waals surface area contributed by atoms with Crippen LogP contribution in [0.5, 0.6) is 0 Å². The summed E-state index contributed by atoms with van der Waals surface area (Å²) < 4.78 is 0. The molecule has 0 heterocycles. The third kappa shape index (κ3) is 4.79. The molecule has 0 aliphatic heterocycles. The van der Waals surface area contributed by atoms with Gasteiger partial charge in [0.15, 0.2) is 5.96 Å². The molecule has 6 nitrogen and oxygen atoms in total. The van der Waals surface area contributed by atoms with E-state index in [0.717, 1.165) is 18.8 Å². The number of carbonyl (C=O) groups is 2. The standard InChI is InChI=1S/C13H17N4O2/c1-3-15-13(14-2)17-11-6-4-5-10(9-11)12(19)16-7-8-18/h4-9H,3H2,1-2H3,(H,16,19)(H2,14,15,17). The molecule has 19 heavy (non-hydrogen) atoms. The molecular formula is C13H17N4O2. The Kier molecular flexibility index (Phi) is 6.08. The lowest BCUT2D eigenvalue weighted by Gasteiger charge is -2.11. The Bertz CT molecular complexity index is 471. The van der Waals surface area contributed by atoms with Gasteiger partial charge >= 0.3 is 0 Å². The van der Waals surface area contributed by atoms with E-state index in [1.807, 2.05) is 13.0 Å². The molecule has 101 valence electrons. The molecule has 0 saturated carbocycles. The number of hydrogen-bond donors (Lipinski definition) is 3. The van der Waals surface area contributed by atoms with Gasteiger partial charge in [-0.1, -0.05) is 6.07 Å². The highest BCUT2D eigenvalue weighted by Gasteiger charge is 2.06. The van der Waals surface area contributed by atoms with Crippen LogP contribution in [-0.2, 0) is 4.79 Å². The highest BCUT2D eigenvalue weighted by Crippen LogP contribution is 2.10. The van der Waals surface area contributed by atoms with Gasteiger partial charge in [0, 0.05) is 24.8 Å². The van der Waals surface area contributed by atoms with Gasteiger partial charge in [-0.25, -0.2) is 0 Å². The second-order valence-electron chi connectivity index (χ2n) is 3.58. The maximum Gasteiger partial charge on any atom is 0.252 e. The van der Waals surface area contributed by atoms with E-state index in [0.29, 0.717) is 17.8 Å². The summed E-state index contributed by atoms with van der Waals surface area (Å²) in [6.45, 7) is 3.76. The van der Waals surface area contributed by atoms with Crippen LogP contribution in [0.15, 0.2) is 29.3 Å². The van der Waals surface area contributed by atoms with Crippen LogP contribution < -0.4 is 16.0 Å². The van der Waals surface area contributed by atoms with Gasteiger partial charge in [-0.3, -0.25) is 9.79 Å². The largest absolute Gasteiger partial charge is 0.356 e. The van der Waals surface area contributed by atoms with Gasteiger partial charge in [0.25, 0.3) is 5.91 Å². The van der Waals surface area contributed by atoms with Crippen molar-refractivity contribution in [2.24, 2.45) is 4.99 Å². The molecule has 3 N–H and O–H groups in total. The topological polar surface area (TPSA) is 82.6 Å². The van der Waals surface area contributed by atoms with Crippen LogP contribution in [0.4, 0.5) is 5.69 Å². The van der Waals surface area contributed by atoms with Crippen molar-refractivity contribution in [3.63, 3.8) is 0 Å².